The molecule has 2 nitrogen and oxygen atoms in total. The molecule has 1 aliphatic heterocycles. The van der Waals surface area contributed by atoms with Crippen molar-refractivity contribution in [2.75, 3.05) is 13.2 Å². The van der Waals surface area contributed by atoms with Crippen LogP contribution in [0.2, 0.25) is 0 Å². The molecular weight excluding hydrogens is 167 g/mol. The summed E-state index contributed by atoms with van der Waals surface area (Å²) in [6.07, 6.45) is -1.15. The molecule has 1 rings (SSSR count). The van der Waals surface area contributed by atoms with Gasteiger partial charge in [0.15, 0.2) is 0 Å². The fraction of sp³-hybridized carbons (Fsp3) is 1.00. The number of alkyl halides is 1. The highest BCUT2D eigenvalue weighted by molar-refractivity contribution is 8.08. The Morgan fingerprint density at radius 3 is 2.56 bits per heavy atom. The minimum absolute atomic E-state index is 0.0309. The van der Waals surface area contributed by atoms with Crippen LogP contribution in [0.1, 0.15) is 0 Å². The van der Waals surface area contributed by atoms with Crippen molar-refractivity contribution < 1.29 is 13.3 Å². The van der Waals surface area contributed by atoms with Gasteiger partial charge in [-0.1, -0.05) is 0 Å². The number of rotatable bonds is 1. The maximum absolute atomic E-state index is 12.4. The Hall–Kier alpha value is 0.330. The summed E-state index contributed by atoms with van der Waals surface area (Å²) in [6, 6.07) is 0. The van der Waals surface area contributed by atoms with Crippen LogP contribution in [0, 0.1) is 0 Å². The minimum Gasteiger partial charge on any atom is -0.377 e. The van der Waals surface area contributed by atoms with Gasteiger partial charge in [-0.25, -0.2) is 8.60 Å². The van der Waals surface area contributed by atoms with Gasteiger partial charge in [0, 0.05) is 0 Å². The number of hydrogen-bond acceptors (Lipinski definition) is 2. The third-order valence-electron chi connectivity index (χ3n) is 1.20. The molecule has 0 radical (unpaired) electrons. The number of ether oxygens (including phenoxy) is 1. The van der Waals surface area contributed by atoms with Crippen LogP contribution in [-0.2, 0) is 14.7 Å². The molecule has 0 N–H and O–H groups in total. The molecule has 54 valence electrons. The molecule has 0 saturated carbocycles. The number of halogens is 2. The Balaban J connectivity index is 2.49. The fourth-order valence-corrected chi connectivity index (χ4v) is 1.68. The monoisotopic (exact) mass is 172 g/mol. The van der Waals surface area contributed by atoms with Gasteiger partial charge in [-0.05, 0) is 10.7 Å². The maximum atomic E-state index is 12.4. The highest BCUT2D eigenvalue weighted by Crippen LogP contribution is 2.16. The first-order valence-corrected chi connectivity index (χ1v) is 4.54. The molecule has 0 aromatic carbocycles. The molecule has 0 bridgehead atoms. The van der Waals surface area contributed by atoms with E-state index in [0.717, 1.165) is 0 Å². The Kier molecular flexibility index (Phi) is 2.43. The molecule has 1 fully saturated rings. The first kappa shape index (κ1) is 7.44. The van der Waals surface area contributed by atoms with Gasteiger partial charge in [0.25, 0.3) is 0 Å². The topological polar surface area (TPSA) is 26.3 Å². The van der Waals surface area contributed by atoms with Crippen LogP contribution >= 0.6 is 10.7 Å². The zero-order chi connectivity index (χ0) is 6.85. The van der Waals surface area contributed by atoms with E-state index in [9.17, 15) is 8.60 Å². The van der Waals surface area contributed by atoms with E-state index < -0.39 is 21.4 Å². The van der Waals surface area contributed by atoms with Gasteiger partial charge in [0.1, 0.15) is 21.4 Å². The first-order chi connectivity index (χ1) is 4.22. The molecular formula is C4H6ClFO2S. The molecule has 0 aromatic heterocycles. The lowest BCUT2D eigenvalue weighted by Crippen LogP contribution is -2.21. The first-order valence-electron chi connectivity index (χ1n) is 2.50. The molecule has 1 heterocycles. The molecule has 0 aromatic rings. The Bertz CT molecular complexity index is 132. The van der Waals surface area contributed by atoms with E-state index in [4.69, 9.17) is 10.7 Å². The van der Waals surface area contributed by atoms with Crippen LogP contribution in [0.15, 0.2) is 0 Å². The van der Waals surface area contributed by atoms with Crippen LogP contribution in [0.4, 0.5) is 4.39 Å². The summed E-state index contributed by atoms with van der Waals surface area (Å²) in [5.74, 6) is 0. The van der Waals surface area contributed by atoms with Gasteiger partial charge < -0.3 is 4.74 Å². The van der Waals surface area contributed by atoms with E-state index in [1.54, 1.807) is 0 Å². The lowest BCUT2D eigenvalue weighted by Gasteiger charge is -2.01. The predicted molar refractivity (Wildman–Crippen MR) is 33.5 cm³/mol. The SMILES string of the molecule is O=S(Cl)C1COCC1F. The summed E-state index contributed by atoms with van der Waals surface area (Å²) in [7, 11) is 3.53. The van der Waals surface area contributed by atoms with Crippen LogP contribution in [-0.4, -0.2) is 28.8 Å². The second-order valence-electron chi connectivity index (χ2n) is 1.84. The van der Waals surface area contributed by atoms with Crippen LogP contribution in [0.5, 0.6) is 0 Å². The average Bonchev–Trinajstić information content (AvgIpc) is 2.13. The summed E-state index contributed by atoms with van der Waals surface area (Å²) in [6.45, 7) is 0.209. The molecule has 0 spiro atoms. The zero-order valence-corrected chi connectivity index (χ0v) is 6.12. The minimum atomic E-state index is -1.60. The molecule has 0 aliphatic carbocycles. The summed E-state index contributed by atoms with van der Waals surface area (Å²) < 4.78 is 27.5. The largest absolute Gasteiger partial charge is 0.377 e. The third-order valence-corrected chi connectivity index (χ3v) is 2.79. The van der Waals surface area contributed by atoms with Crippen molar-refractivity contribution >= 4 is 20.7 Å². The molecule has 1 saturated heterocycles. The molecule has 5 heteroatoms. The van der Waals surface area contributed by atoms with Crippen molar-refractivity contribution in [3.05, 3.63) is 0 Å². The Morgan fingerprint density at radius 1 is 1.67 bits per heavy atom. The maximum Gasteiger partial charge on any atom is 0.141 e. The van der Waals surface area contributed by atoms with E-state index in [-0.39, 0.29) is 13.2 Å². The van der Waals surface area contributed by atoms with E-state index in [2.05, 4.69) is 4.74 Å². The van der Waals surface area contributed by atoms with Crippen molar-refractivity contribution in [2.45, 2.75) is 11.4 Å². The lowest BCUT2D eigenvalue weighted by molar-refractivity contribution is 0.173. The fourth-order valence-electron chi connectivity index (χ4n) is 0.678. The molecule has 3 atom stereocenters. The molecule has 0 amide bonds. The summed E-state index contributed by atoms with van der Waals surface area (Å²) in [5, 5.41) is -0.619. The van der Waals surface area contributed by atoms with E-state index >= 15 is 0 Å². The molecule has 3 unspecified atom stereocenters. The van der Waals surface area contributed by atoms with Gasteiger partial charge in [0.2, 0.25) is 0 Å². The van der Waals surface area contributed by atoms with Gasteiger partial charge in [-0.2, -0.15) is 0 Å². The Labute approximate surface area is 59.3 Å². The van der Waals surface area contributed by atoms with Crippen molar-refractivity contribution in [1.29, 1.82) is 0 Å². The van der Waals surface area contributed by atoms with Gasteiger partial charge in [0.05, 0.1) is 13.2 Å². The van der Waals surface area contributed by atoms with Crippen molar-refractivity contribution in [3.63, 3.8) is 0 Å². The molecule has 9 heavy (non-hydrogen) atoms. The smallest absolute Gasteiger partial charge is 0.141 e. The van der Waals surface area contributed by atoms with Crippen LogP contribution in [0.25, 0.3) is 0 Å². The normalized spacial score (nSPS) is 38.9. The number of hydrogen-bond donors (Lipinski definition) is 0. The highest BCUT2D eigenvalue weighted by Gasteiger charge is 2.32. The summed E-state index contributed by atoms with van der Waals surface area (Å²) in [5.41, 5.74) is 0. The van der Waals surface area contributed by atoms with E-state index in [1.807, 2.05) is 0 Å². The van der Waals surface area contributed by atoms with Crippen molar-refractivity contribution in [2.24, 2.45) is 0 Å². The van der Waals surface area contributed by atoms with Gasteiger partial charge >= 0.3 is 0 Å². The van der Waals surface area contributed by atoms with E-state index in [0.29, 0.717) is 0 Å². The van der Waals surface area contributed by atoms with Gasteiger partial charge in [-0.3, -0.25) is 0 Å². The standard InChI is InChI=1S/C4H6ClFO2S/c5-9(7)4-2-8-1-3(4)6/h3-4H,1-2H2. The quantitative estimate of drug-likeness (QED) is 0.543. The van der Waals surface area contributed by atoms with Crippen molar-refractivity contribution in [3.8, 4) is 0 Å². The Morgan fingerprint density at radius 2 is 2.33 bits per heavy atom. The third kappa shape index (κ3) is 1.63. The summed E-state index contributed by atoms with van der Waals surface area (Å²) in [4.78, 5) is 0. The summed E-state index contributed by atoms with van der Waals surface area (Å²) >= 11 is 0. The van der Waals surface area contributed by atoms with E-state index in [1.165, 1.54) is 0 Å². The highest BCUT2D eigenvalue weighted by atomic mass is 35.7. The predicted octanol–water partition coefficient (Wildman–Crippen LogP) is 0.626. The van der Waals surface area contributed by atoms with Crippen LogP contribution < -0.4 is 0 Å². The molecule has 1 aliphatic rings. The van der Waals surface area contributed by atoms with Crippen molar-refractivity contribution in [1.82, 2.24) is 0 Å². The second kappa shape index (κ2) is 2.94. The zero-order valence-electron chi connectivity index (χ0n) is 4.55. The van der Waals surface area contributed by atoms with Crippen LogP contribution in [0.3, 0.4) is 0 Å². The second-order valence-corrected chi connectivity index (χ2v) is 3.85. The average molecular weight is 173 g/mol. The van der Waals surface area contributed by atoms with Gasteiger partial charge in [-0.15, -0.1) is 0 Å². The lowest BCUT2D eigenvalue weighted by atomic mass is 10.3.